The van der Waals surface area contributed by atoms with Gasteiger partial charge in [0.05, 0.1) is 27.4 Å². The Morgan fingerprint density at radius 1 is 1.59 bits per heavy atom. The van der Waals surface area contributed by atoms with Gasteiger partial charge in [-0.2, -0.15) is 5.26 Å². The van der Waals surface area contributed by atoms with E-state index < -0.39 is 16.4 Å². The molecule has 0 amide bonds. The molecule has 86 valence electrons. The number of carbonyl (C=O) groups excluding carboxylic acids is 2. The summed E-state index contributed by atoms with van der Waals surface area (Å²) in [4.78, 5) is 32.0. The minimum absolute atomic E-state index is 0.0536. The van der Waals surface area contributed by atoms with Gasteiger partial charge in [0.25, 0.3) is 5.69 Å². The topological polar surface area (TPSA) is 101 Å². The van der Waals surface area contributed by atoms with Crippen molar-refractivity contribution in [1.82, 2.24) is 0 Å². The van der Waals surface area contributed by atoms with Gasteiger partial charge in [0.1, 0.15) is 0 Å². The van der Waals surface area contributed by atoms with Crippen LogP contribution >= 0.6 is 15.9 Å². The maximum Gasteiger partial charge on any atom is 0.280 e. The van der Waals surface area contributed by atoms with Crippen LogP contribution in [0.1, 0.15) is 26.3 Å². The molecule has 17 heavy (non-hydrogen) atoms. The summed E-state index contributed by atoms with van der Waals surface area (Å²) in [5.41, 5.74) is -0.829. The van der Waals surface area contributed by atoms with Crippen molar-refractivity contribution in [3.63, 3.8) is 0 Å². The van der Waals surface area contributed by atoms with Crippen molar-refractivity contribution >= 4 is 33.7 Å². The summed E-state index contributed by atoms with van der Waals surface area (Å²) >= 11 is 2.91. The molecule has 7 heteroatoms. The van der Waals surface area contributed by atoms with Crippen molar-refractivity contribution < 1.29 is 14.5 Å². The molecule has 0 saturated carbocycles. The number of nitriles is 1. The number of benzene rings is 1. The number of halogens is 1. The molecule has 0 saturated heterocycles. The third kappa shape index (κ3) is 2.54. The Balaban J connectivity index is 3.56. The predicted molar refractivity (Wildman–Crippen MR) is 61.3 cm³/mol. The van der Waals surface area contributed by atoms with E-state index in [-0.39, 0.29) is 28.3 Å². The third-order valence-electron chi connectivity index (χ3n) is 2.03. The molecule has 0 N–H and O–H groups in total. The summed E-state index contributed by atoms with van der Waals surface area (Å²) in [6.07, 6.45) is 0.279. The van der Waals surface area contributed by atoms with Gasteiger partial charge in [-0.05, 0) is 6.07 Å². The van der Waals surface area contributed by atoms with Crippen molar-refractivity contribution in [1.29, 1.82) is 5.26 Å². The number of ketones is 1. The van der Waals surface area contributed by atoms with Gasteiger partial charge in [0.2, 0.25) is 0 Å². The lowest BCUT2D eigenvalue weighted by atomic mass is 10.0. The van der Waals surface area contributed by atoms with E-state index in [1.54, 1.807) is 6.07 Å². The smallest absolute Gasteiger partial charge is 0.280 e. The molecule has 0 spiro atoms. The van der Waals surface area contributed by atoms with Crippen LogP contribution in [0.5, 0.6) is 0 Å². The van der Waals surface area contributed by atoms with Crippen LogP contribution < -0.4 is 0 Å². The molecule has 0 bridgehead atoms. The van der Waals surface area contributed by atoms with Crippen molar-refractivity contribution in [3.8, 4) is 6.07 Å². The largest absolute Gasteiger partial charge is 0.298 e. The van der Waals surface area contributed by atoms with Gasteiger partial charge in [-0.25, -0.2) is 0 Å². The normalized spacial score (nSPS) is 9.41. The van der Waals surface area contributed by atoms with Crippen LogP contribution in [-0.2, 0) is 0 Å². The molecule has 0 heterocycles. The Labute approximate surface area is 104 Å². The van der Waals surface area contributed by atoms with E-state index in [1.807, 2.05) is 0 Å². The Bertz CT molecular complexity index is 548. The van der Waals surface area contributed by atoms with Crippen molar-refractivity contribution in [2.75, 3.05) is 5.33 Å². The Hall–Kier alpha value is -2.07. The summed E-state index contributed by atoms with van der Waals surface area (Å²) in [7, 11) is 0. The van der Waals surface area contributed by atoms with Crippen LogP contribution in [0, 0.1) is 21.4 Å². The first-order valence-corrected chi connectivity index (χ1v) is 5.44. The first-order valence-electron chi connectivity index (χ1n) is 4.32. The highest BCUT2D eigenvalue weighted by Crippen LogP contribution is 2.23. The lowest BCUT2D eigenvalue weighted by molar-refractivity contribution is -0.385. The zero-order valence-electron chi connectivity index (χ0n) is 8.34. The predicted octanol–water partition coefficient (Wildman–Crippen LogP) is 1.86. The van der Waals surface area contributed by atoms with Crippen LogP contribution in [0.4, 0.5) is 5.69 Å². The minimum Gasteiger partial charge on any atom is -0.298 e. The van der Waals surface area contributed by atoms with Crippen LogP contribution in [0.15, 0.2) is 12.1 Å². The van der Waals surface area contributed by atoms with Gasteiger partial charge in [-0.1, -0.05) is 15.9 Å². The number of rotatable bonds is 4. The van der Waals surface area contributed by atoms with E-state index in [4.69, 9.17) is 5.26 Å². The fourth-order valence-electron chi connectivity index (χ4n) is 1.25. The Morgan fingerprint density at radius 2 is 2.24 bits per heavy atom. The SMILES string of the molecule is N#Cc1cc(C=O)c([N+](=O)[O-])cc1C(=O)CBr. The van der Waals surface area contributed by atoms with E-state index in [9.17, 15) is 19.7 Å². The number of nitro groups is 1. The van der Waals surface area contributed by atoms with Gasteiger partial charge >= 0.3 is 0 Å². The highest BCUT2D eigenvalue weighted by Gasteiger charge is 2.20. The standard InChI is InChI=1S/C10H5BrN2O4/c11-3-10(15)8-2-9(13(16)17)7(5-14)1-6(8)4-12/h1-2,5H,3H2. The number of aldehydes is 1. The maximum absolute atomic E-state index is 11.5. The highest BCUT2D eigenvalue weighted by molar-refractivity contribution is 9.09. The summed E-state index contributed by atoms with van der Waals surface area (Å²) in [5, 5.41) is 19.4. The molecule has 0 radical (unpaired) electrons. The number of hydrogen-bond donors (Lipinski definition) is 0. The maximum atomic E-state index is 11.5. The molecule has 0 unspecified atom stereocenters. The molecule has 0 aromatic heterocycles. The van der Waals surface area contributed by atoms with Gasteiger partial charge in [0.15, 0.2) is 12.1 Å². The quantitative estimate of drug-likeness (QED) is 0.277. The molecular weight excluding hydrogens is 292 g/mol. The van der Waals surface area contributed by atoms with Crippen LogP contribution in [0.3, 0.4) is 0 Å². The summed E-state index contributed by atoms with van der Waals surface area (Å²) in [6.45, 7) is 0. The Kier molecular flexibility index (Phi) is 4.06. The van der Waals surface area contributed by atoms with Crippen molar-refractivity contribution in [3.05, 3.63) is 38.9 Å². The summed E-state index contributed by atoms with van der Waals surface area (Å²) in [6, 6.07) is 3.72. The second-order valence-electron chi connectivity index (χ2n) is 3.00. The number of alkyl halides is 1. The van der Waals surface area contributed by atoms with E-state index in [0.717, 1.165) is 12.1 Å². The lowest BCUT2D eigenvalue weighted by Crippen LogP contribution is -2.06. The number of nitro benzene ring substituents is 1. The second-order valence-corrected chi connectivity index (χ2v) is 3.56. The molecular formula is C10H5BrN2O4. The van der Waals surface area contributed by atoms with Crippen molar-refractivity contribution in [2.45, 2.75) is 0 Å². The van der Waals surface area contributed by atoms with Gasteiger partial charge in [0, 0.05) is 11.6 Å². The van der Waals surface area contributed by atoms with Gasteiger partial charge < -0.3 is 0 Å². The lowest BCUT2D eigenvalue weighted by Gasteiger charge is -2.02. The van der Waals surface area contributed by atoms with Crippen LogP contribution in [0.2, 0.25) is 0 Å². The van der Waals surface area contributed by atoms with Crippen LogP contribution in [0.25, 0.3) is 0 Å². The molecule has 0 aliphatic heterocycles. The zero-order valence-corrected chi connectivity index (χ0v) is 9.93. The molecule has 0 atom stereocenters. The van der Waals surface area contributed by atoms with E-state index in [1.165, 1.54) is 0 Å². The fraction of sp³-hybridized carbons (Fsp3) is 0.100. The molecule has 6 nitrogen and oxygen atoms in total. The number of carbonyl (C=O) groups is 2. The van der Waals surface area contributed by atoms with Gasteiger partial charge in [-0.3, -0.25) is 19.7 Å². The monoisotopic (exact) mass is 296 g/mol. The average molecular weight is 297 g/mol. The Morgan fingerprint density at radius 3 is 2.65 bits per heavy atom. The summed E-state index contributed by atoms with van der Waals surface area (Å²) < 4.78 is 0. The molecule has 0 fully saturated rings. The fourth-order valence-corrected chi connectivity index (χ4v) is 1.55. The van der Waals surface area contributed by atoms with E-state index >= 15 is 0 Å². The van der Waals surface area contributed by atoms with Gasteiger partial charge in [-0.15, -0.1) is 0 Å². The first-order chi connectivity index (χ1) is 8.04. The molecule has 0 aliphatic carbocycles. The average Bonchev–Trinajstić information content (AvgIpc) is 2.35. The molecule has 1 aromatic rings. The van der Waals surface area contributed by atoms with Crippen molar-refractivity contribution in [2.24, 2.45) is 0 Å². The molecule has 0 aliphatic rings. The molecule has 1 aromatic carbocycles. The number of hydrogen-bond acceptors (Lipinski definition) is 5. The highest BCUT2D eigenvalue weighted by atomic mass is 79.9. The summed E-state index contributed by atoms with van der Waals surface area (Å²) in [5.74, 6) is -0.456. The first kappa shape index (κ1) is 13.0. The third-order valence-corrected chi connectivity index (χ3v) is 2.54. The minimum atomic E-state index is -0.768. The molecule has 1 rings (SSSR count). The second kappa shape index (κ2) is 5.32. The number of Topliss-reactive ketones (excluding diaryl/α,β-unsaturated/α-hetero) is 1. The van der Waals surface area contributed by atoms with E-state index in [2.05, 4.69) is 15.9 Å². The zero-order chi connectivity index (χ0) is 13.0. The van der Waals surface area contributed by atoms with E-state index in [0.29, 0.717) is 0 Å². The number of nitrogens with zero attached hydrogens (tertiary/aromatic N) is 2. The van der Waals surface area contributed by atoms with Crippen LogP contribution in [-0.4, -0.2) is 22.3 Å².